The largest absolute Gasteiger partial charge is 0.369 e. The van der Waals surface area contributed by atoms with Gasteiger partial charge in [-0.3, -0.25) is 4.90 Å². The molecule has 3 heteroatoms. The average molecular weight is 245 g/mol. The van der Waals surface area contributed by atoms with Gasteiger partial charge in [0, 0.05) is 37.4 Å². The summed E-state index contributed by atoms with van der Waals surface area (Å²) in [6.45, 7) is 6.92. The van der Waals surface area contributed by atoms with Crippen LogP contribution >= 0.6 is 0 Å². The molecule has 0 radical (unpaired) electrons. The van der Waals surface area contributed by atoms with Crippen LogP contribution in [0.25, 0.3) is 0 Å². The van der Waals surface area contributed by atoms with E-state index in [1.807, 2.05) is 6.92 Å². The minimum absolute atomic E-state index is 0.130. The Morgan fingerprint density at radius 2 is 1.94 bits per heavy atom. The van der Waals surface area contributed by atoms with Crippen LogP contribution in [0.3, 0.4) is 0 Å². The summed E-state index contributed by atoms with van der Waals surface area (Å²) >= 11 is 0. The summed E-state index contributed by atoms with van der Waals surface area (Å²) in [5.74, 6) is 0. The van der Waals surface area contributed by atoms with Gasteiger partial charge in [0.05, 0.1) is 0 Å². The maximum atomic E-state index is 5.89. The van der Waals surface area contributed by atoms with Gasteiger partial charge in [0.15, 0.2) is 0 Å². The van der Waals surface area contributed by atoms with Crippen molar-refractivity contribution in [1.29, 1.82) is 0 Å². The number of nitrogens with two attached hydrogens (primary N) is 1. The number of rotatable bonds is 2. The molecule has 2 unspecified atom stereocenters. The standard InChI is InChI=1S/C15H23N3/c1-12(16)13-4-6-14(7-5-13)18-10-9-17-8-2-3-15(17)11-18/h4-7,12,15H,2-3,8-11,16H2,1H3. The number of piperazine rings is 1. The van der Waals surface area contributed by atoms with Crippen molar-refractivity contribution in [2.24, 2.45) is 5.73 Å². The second kappa shape index (κ2) is 4.90. The third kappa shape index (κ3) is 2.25. The van der Waals surface area contributed by atoms with E-state index in [1.54, 1.807) is 0 Å². The Balaban J connectivity index is 1.71. The molecular formula is C15H23N3. The highest BCUT2D eigenvalue weighted by molar-refractivity contribution is 5.48. The molecule has 2 atom stereocenters. The lowest BCUT2D eigenvalue weighted by atomic mass is 10.1. The molecule has 1 aromatic carbocycles. The lowest BCUT2D eigenvalue weighted by Gasteiger charge is -2.38. The predicted molar refractivity (Wildman–Crippen MR) is 75.9 cm³/mol. The summed E-state index contributed by atoms with van der Waals surface area (Å²) < 4.78 is 0. The molecule has 2 aliphatic heterocycles. The first kappa shape index (κ1) is 12.0. The molecule has 18 heavy (non-hydrogen) atoms. The van der Waals surface area contributed by atoms with E-state index in [4.69, 9.17) is 5.73 Å². The van der Waals surface area contributed by atoms with Crippen LogP contribution in [0.1, 0.15) is 31.4 Å². The van der Waals surface area contributed by atoms with Crippen LogP contribution in [0.4, 0.5) is 5.69 Å². The molecule has 0 amide bonds. The van der Waals surface area contributed by atoms with Gasteiger partial charge in [-0.2, -0.15) is 0 Å². The van der Waals surface area contributed by atoms with E-state index in [-0.39, 0.29) is 6.04 Å². The molecule has 1 aromatic rings. The molecule has 0 bridgehead atoms. The van der Waals surface area contributed by atoms with Gasteiger partial charge in [0.1, 0.15) is 0 Å². The lowest BCUT2D eigenvalue weighted by molar-refractivity contribution is 0.231. The number of anilines is 1. The molecule has 2 fully saturated rings. The normalized spacial score (nSPS) is 26.1. The van der Waals surface area contributed by atoms with Crippen LogP contribution in [0.15, 0.2) is 24.3 Å². The zero-order valence-electron chi connectivity index (χ0n) is 11.2. The lowest BCUT2D eigenvalue weighted by Crippen LogP contribution is -2.50. The average Bonchev–Trinajstić information content (AvgIpc) is 2.86. The van der Waals surface area contributed by atoms with E-state index < -0.39 is 0 Å². The topological polar surface area (TPSA) is 32.5 Å². The maximum absolute atomic E-state index is 5.89. The van der Waals surface area contributed by atoms with Crippen molar-refractivity contribution in [3.63, 3.8) is 0 Å². The fourth-order valence-electron chi connectivity index (χ4n) is 3.21. The predicted octanol–water partition coefficient (Wildman–Crippen LogP) is 1.99. The van der Waals surface area contributed by atoms with Crippen LogP contribution in [-0.4, -0.2) is 37.1 Å². The van der Waals surface area contributed by atoms with Gasteiger partial charge in [-0.15, -0.1) is 0 Å². The van der Waals surface area contributed by atoms with Crippen LogP contribution in [-0.2, 0) is 0 Å². The second-order valence-electron chi connectivity index (χ2n) is 5.66. The Labute approximate surface area is 110 Å². The Hall–Kier alpha value is -1.06. The number of nitrogens with zero attached hydrogens (tertiary/aromatic N) is 2. The molecule has 98 valence electrons. The van der Waals surface area contributed by atoms with Crippen LogP contribution in [0.5, 0.6) is 0 Å². The van der Waals surface area contributed by atoms with Crippen LogP contribution in [0, 0.1) is 0 Å². The summed E-state index contributed by atoms with van der Waals surface area (Å²) in [5, 5.41) is 0. The number of hydrogen-bond acceptors (Lipinski definition) is 3. The molecule has 0 aliphatic carbocycles. The summed E-state index contributed by atoms with van der Waals surface area (Å²) in [5.41, 5.74) is 8.47. The third-order valence-electron chi connectivity index (χ3n) is 4.37. The van der Waals surface area contributed by atoms with Crippen molar-refractivity contribution in [3.05, 3.63) is 29.8 Å². The van der Waals surface area contributed by atoms with Gasteiger partial charge >= 0.3 is 0 Å². The minimum atomic E-state index is 0.130. The van der Waals surface area contributed by atoms with Crippen molar-refractivity contribution >= 4 is 5.69 Å². The number of fused-ring (bicyclic) bond motifs is 1. The van der Waals surface area contributed by atoms with Gasteiger partial charge in [0.25, 0.3) is 0 Å². The van der Waals surface area contributed by atoms with Crippen molar-refractivity contribution in [2.45, 2.75) is 31.8 Å². The van der Waals surface area contributed by atoms with Gasteiger partial charge < -0.3 is 10.6 Å². The highest BCUT2D eigenvalue weighted by Gasteiger charge is 2.30. The van der Waals surface area contributed by atoms with Crippen LogP contribution < -0.4 is 10.6 Å². The van der Waals surface area contributed by atoms with Crippen molar-refractivity contribution in [1.82, 2.24) is 4.90 Å². The monoisotopic (exact) mass is 245 g/mol. The Kier molecular flexibility index (Phi) is 3.27. The Morgan fingerprint density at radius 1 is 1.17 bits per heavy atom. The van der Waals surface area contributed by atoms with E-state index in [1.165, 1.54) is 43.7 Å². The summed E-state index contributed by atoms with van der Waals surface area (Å²) in [6, 6.07) is 9.70. The molecule has 3 nitrogen and oxygen atoms in total. The molecule has 0 aromatic heterocycles. The van der Waals surface area contributed by atoms with Gasteiger partial charge in [0.2, 0.25) is 0 Å². The Morgan fingerprint density at radius 3 is 2.67 bits per heavy atom. The number of hydrogen-bond donors (Lipinski definition) is 1. The molecule has 2 saturated heterocycles. The zero-order valence-corrected chi connectivity index (χ0v) is 11.2. The molecule has 2 heterocycles. The summed E-state index contributed by atoms with van der Waals surface area (Å²) in [6.07, 6.45) is 2.75. The van der Waals surface area contributed by atoms with Crippen LogP contribution in [0.2, 0.25) is 0 Å². The molecule has 2 aliphatic rings. The molecule has 0 saturated carbocycles. The van der Waals surface area contributed by atoms with E-state index >= 15 is 0 Å². The molecule has 3 rings (SSSR count). The third-order valence-corrected chi connectivity index (χ3v) is 4.37. The molecule has 2 N–H and O–H groups in total. The van der Waals surface area contributed by atoms with E-state index in [0.29, 0.717) is 0 Å². The first-order chi connectivity index (χ1) is 8.74. The fraction of sp³-hybridized carbons (Fsp3) is 0.600. The number of benzene rings is 1. The van der Waals surface area contributed by atoms with E-state index in [2.05, 4.69) is 34.1 Å². The van der Waals surface area contributed by atoms with Crippen molar-refractivity contribution < 1.29 is 0 Å². The molecule has 0 spiro atoms. The minimum Gasteiger partial charge on any atom is -0.369 e. The molecular weight excluding hydrogens is 222 g/mol. The SMILES string of the molecule is CC(N)c1ccc(N2CCN3CCCC3C2)cc1. The smallest absolute Gasteiger partial charge is 0.0367 e. The quantitative estimate of drug-likeness (QED) is 0.865. The second-order valence-corrected chi connectivity index (χ2v) is 5.66. The van der Waals surface area contributed by atoms with E-state index in [9.17, 15) is 0 Å². The zero-order chi connectivity index (χ0) is 12.5. The Bertz CT molecular complexity index is 399. The highest BCUT2D eigenvalue weighted by atomic mass is 15.3. The first-order valence-corrected chi connectivity index (χ1v) is 7.08. The fourth-order valence-corrected chi connectivity index (χ4v) is 3.21. The van der Waals surface area contributed by atoms with Gasteiger partial charge in [-0.1, -0.05) is 12.1 Å². The van der Waals surface area contributed by atoms with Crippen molar-refractivity contribution in [3.8, 4) is 0 Å². The van der Waals surface area contributed by atoms with Gasteiger partial charge in [-0.25, -0.2) is 0 Å². The summed E-state index contributed by atoms with van der Waals surface area (Å²) in [4.78, 5) is 5.17. The van der Waals surface area contributed by atoms with Gasteiger partial charge in [-0.05, 0) is 44.0 Å². The maximum Gasteiger partial charge on any atom is 0.0367 e. The highest BCUT2D eigenvalue weighted by Crippen LogP contribution is 2.26. The summed E-state index contributed by atoms with van der Waals surface area (Å²) in [7, 11) is 0. The van der Waals surface area contributed by atoms with Crippen molar-refractivity contribution in [2.75, 3.05) is 31.1 Å². The van der Waals surface area contributed by atoms with E-state index in [0.717, 1.165) is 12.6 Å². The first-order valence-electron chi connectivity index (χ1n) is 7.08.